The van der Waals surface area contributed by atoms with Crippen LogP contribution in [0.5, 0.6) is 0 Å². The highest BCUT2D eigenvalue weighted by Crippen LogP contribution is 2.07. The predicted molar refractivity (Wildman–Crippen MR) is 98.2 cm³/mol. The summed E-state index contributed by atoms with van der Waals surface area (Å²) in [6, 6.07) is 20.4. The normalized spacial score (nSPS) is 10.2. The molecular weight excluding hydrogens is 346 g/mol. The third-order valence-electron chi connectivity index (χ3n) is 3.71. The lowest BCUT2D eigenvalue weighted by Crippen LogP contribution is -2.17. The number of hydrogen-bond donors (Lipinski definition) is 1. The number of benzene rings is 2. The Morgan fingerprint density at radius 1 is 0.704 bits per heavy atom. The smallest absolute Gasteiger partial charge is 0.355 e. The Bertz CT molecular complexity index is 903. The van der Waals surface area contributed by atoms with Crippen LogP contribution < -0.4 is 5.43 Å². The summed E-state index contributed by atoms with van der Waals surface area (Å²) in [5, 5.41) is 0. The van der Waals surface area contributed by atoms with Crippen LogP contribution in [-0.2, 0) is 22.7 Å². The maximum absolute atomic E-state index is 12.2. The Morgan fingerprint density at radius 2 is 1.11 bits per heavy atom. The summed E-state index contributed by atoms with van der Waals surface area (Å²) in [6.45, 7) is 0.120. The van der Waals surface area contributed by atoms with E-state index >= 15 is 0 Å². The molecular formula is C21H17NO5. The lowest BCUT2D eigenvalue weighted by atomic mass is 10.2. The third-order valence-corrected chi connectivity index (χ3v) is 3.71. The number of ether oxygens (including phenoxy) is 2. The standard InChI is InChI=1S/C21H17NO5/c23-17-11-18(20(24)26-13-15-7-3-1-4-8-15)22-19(12-17)21(25)27-14-16-9-5-2-6-10-16/h1-12H,13-14H2,(H,22,23). The topological polar surface area (TPSA) is 85.5 Å². The van der Waals surface area contributed by atoms with Crippen molar-refractivity contribution < 1.29 is 19.1 Å². The van der Waals surface area contributed by atoms with E-state index in [-0.39, 0.29) is 24.6 Å². The molecule has 0 saturated heterocycles. The molecule has 1 heterocycles. The van der Waals surface area contributed by atoms with Crippen molar-refractivity contribution in [1.82, 2.24) is 4.98 Å². The van der Waals surface area contributed by atoms with Crippen LogP contribution in [0.2, 0.25) is 0 Å². The molecule has 0 aliphatic heterocycles. The number of rotatable bonds is 6. The Balaban J connectivity index is 1.67. The van der Waals surface area contributed by atoms with Crippen molar-refractivity contribution in [3.63, 3.8) is 0 Å². The molecule has 0 aliphatic carbocycles. The summed E-state index contributed by atoms with van der Waals surface area (Å²) in [5.74, 6) is -1.46. The molecule has 6 nitrogen and oxygen atoms in total. The van der Waals surface area contributed by atoms with Gasteiger partial charge < -0.3 is 14.5 Å². The molecule has 0 amide bonds. The number of H-pyrrole nitrogens is 1. The molecule has 6 heteroatoms. The minimum absolute atomic E-state index is 0.0599. The fourth-order valence-corrected chi connectivity index (χ4v) is 2.37. The first kappa shape index (κ1) is 18.1. The molecule has 0 atom stereocenters. The SMILES string of the molecule is O=C(OCc1ccccc1)c1cc(=O)cc(C(=O)OCc2ccccc2)[nH]1. The Morgan fingerprint density at radius 3 is 1.52 bits per heavy atom. The highest BCUT2D eigenvalue weighted by atomic mass is 16.5. The molecule has 1 N–H and O–H groups in total. The van der Waals surface area contributed by atoms with E-state index in [4.69, 9.17) is 9.47 Å². The molecule has 2 aromatic carbocycles. The summed E-state index contributed by atoms with van der Waals surface area (Å²) in [7, 11) is 0. The van der Waals surface area contributed by atoms with Gasteiger partial charge in [0.05, 0.1) is 0 Å². The van der Waals surface area contributed by atoms with Crippen molar-refractivity contribution in [2.24, 2.45) is 0 Å². The minimum Gasteiger partial charge on any atom is -0.456 e. The number of carbonyl (C=O) groups is 2. The van der Waals surface area contributed by atoms with E-state index in [2.05, 4.69) is 4.98 Å². The maximum Gasteiger partial charge on any atom is 0.355 e. The van der Waals surface area contributed by atoms with E-state index < -0.39 is 17.4 Å². The summed E-state index contributed by atoms with van der Waals surface area (Å²) in [6.07, 6.45) is 0. The Labute approximate surface area is 155 Å². The lowest BCUT2D eigenvalue weighted by Gasteiger charge is -2.08. The highest BCUT2D eigenvalue weighted by molar-refractivity contribution is 5.91. The van der Waals surface area contributed by atoms with Crippen LogP contribution in [0.4, 0.5) is 0 Å². The molecule has 0 fully saturated rings. The van der Waals surface area contributed by atoms with Gasteiger partial charge in [-0.2, -0.15) is 0 Å². The predicted octanol–water partition coefficient (Wildman–Crippen LogP) is 3.09. The number of hydrogen-bond acceptors (Lipinski definition) is 5. The fraction of sp³-hybridized carbons (Fsp3) is 0.0952. The van der Waals surface area contributed by atoms with Crippen molar-refractivity contribution in [2.45, 2.75) is 13.2 Å². The van der Waals surface area contributed by atoms with E-state index in [1.807, 2.05) is 60.7 Å². The Hall–Kier alpha value is -3.67. The second kappa shape index (κ2) is 8.62. The van der Waals surface area contributed by atoms with E-state index in [1.54, 1.807) is 0 Å². The summed E-state index contributed by atoms with van der Waals surface area (Å²) < 4.78 is 10.3. The van der Waals surface area contributed by atoms with Gasteiger partial charge in [0.25, 0.3) is 0 Å². The number of esters is 2. The van der Waals surface area contributed by atoms with Gasteiger partial charge in [-0.15, -0.1) is 0 Å². The molecule has 0 aliphatic rings. The van der Waals surface area contributed by atoms with Gasteiger partial charge in [-0.05, 0) is 11.1 Å². The second-order valence-corrected chi connectivity index (χ2v) is 5.77. The first-order chi connectivity index (χ1) is 13.1. The molecule has 136 valence electrons. The van der Waals surface area contributed by atoms with Gasteiger partial charge in [0.1, 0.15) is 24.6 Å². The van der Waals surface area contributed by atoms with Crippen molar-refractivity contribution in [3.05, 3.63) is 106 Å². The van der Waals surface area contributed by atoms with Crippen molar-refractivity contribution in [2.75, 3.05) is 0 Å². The summed E-state index contributed by atoms with van der Waals surface area (Å²) >= 11 is 0. The van der Waals surface area contributed by atoms with E-state index in [9.17, 15) is 14.4 Å². The van der Waals surface area contributed by atoms with Crippen LogP contribution in [0.25, 0.3) is 0 Å². The van der Waals surface area contributed by atoms with Crippen LogP contribution in [0.3, 0.4) is 0 Å². The number of pyridine rings is 1. The lowest BCUT2D eigenvalue weighted by molar-refractivity contribution is 0.0456. The van der Waals surface area contributed by atoms with E-state index in [0.29, 0.717) is 0 Å². The molecule has 0 saturated carbocycles. The van der Waals surface area contributed by atoms with Crippen LogP contribution >= 0.6 is 0 Å². The molecule has 0 spiro atoms. The molecule has 0 bridgehead atoms. The van der Waals surface area contributed by atoms with Crippen molar-refractivity contribution in [1.29, 1.82) is 0 Å². The van der Waals surface area contributed by atoms with E-state index in [1.165, 1.54) is 0 Å². The van der Waals surface area contributed by atoms with Gasteiger partial charge in [-0.25, -0.2) is 9.59 Å². The molecule has 27 heavy (non-hydrogen) atoms. The van der Waals surface area contributed by atoms with E-state index in [0.717, 1.165) is 23.3 Å². The van der Waals surface area contributed by atoms with Crippen molar-refractivity contribution >= 4 is 11.9 Å². The largest absolute Gasteiger partial charge is 0.456 e. The highest BCUT2D eigenvalue weighted by Gasteiger charge is 2.15. The molecule has 3 aromatic rings. The van der Waals surface area contributed by atoms with Crippen LogP contribution in [-0.4, -0.2) is 16.9 Å². The van der Waals surface area contributed by atoms with Gasteiger partial charge in [0.2, 0.25) is 0 Å². The molecule has 0 unspecified atom stereocenters. The maximum atomic E-state index is 12.2. The fourth-order valence-electron chi connectivity index (χ4n) is 2.37. The number of aromatic nitrogens is 1. The third kappa shape index (κ3) is 5.15. The van der Waals surface area contributed by atoms with Crippen molar-refractivity contribution in [3.8, 4) is 0 Å². The first-order valence-electron chi connectivity index (χ1n) is 8.28. The monoisotopic (exact) mass is 363 g/mol. The van der Waals surface area contributed by atoms with Crippen LogP contribution in [0.1, 0.15) is 32.1 Å². The molecule has 0 radical (unpaired) electrons. The second-order valence-electron chi connectivity index (χ2n) is 5.77. The zero-order valence-electron chi connectivity index (χ0n) is 14.4. The minimum atomic E-state index is -0.728. The summed E-state index contributed by atoms with van der Waals surface area (Å²) in [4.78, 5) is 38.8. The zero-order valence-corrected chi connectivity index (χ0v) is 14.4. The Kier molecular flexibility index (Phi) is 5.79. The number of carbonyl (C=O) groups excluding carboxylic acids is 2. The molecule has 3 rings (SSSR count). The quantitative estimate of drug-likeness (QED) is 0.680. The number of nitrogens with one attached hydrogen (secondary N) is 1. The average Bonchev–Trinajstić information content (AvgIpc) is 2.71. The van der Waals surface area contributed by atoms with Gasteiger partial charge >= 0.3 is 11.9 Å². The summed E-state index contributed by atoms with van der Waals surface area (Å²) in [5.41, 5.74) is 0.917. The van der Waals surface area contributed by atoms with Gasteiger partial charge in [-0.3, -0.25) is 4.79 Å². The van der Waals surface area contributed by atoms with Gasteiger partial charge in [0.15, 0.2) is 5.43 Å². The van der Waals surface area contributed by atoms with Gasteiger partial charge in [0, 0.05) is 12.1 Å². The average molecular weight is 363 g/mol. The van der Waals surface area contributed by atoms with Crippen LogP contribution in [0, 0.1) is 0 Å². The van der Waals surface area contributed by atoms with Crippen LogP contribution in [0.15, 0.2) is 77.6 Å². The zero-order chi connectivity index (χ0) is 19.1. The number of aromatic amines is 1. The molecule has 1 aromatic heterocycles. The van der Waals surface area contributed by atoms with Gasteiger partial charge in [-0.1, -0.05) is 60.7 Å². The first-order valence-corrected chi connectivity index (χ1v) is 8.28.